The Morgan fingerprint density at radius 1 is 1.22 bits per heavy atom. The fraction of sp³-hybridized carbons (Fsp3) is 0.571. The topological polar surface area (TPSA) is 43.7 Å². The maximum absolute atomic E-state index is 9.46. The monoisotopic (exact) mass is 313 g/mol. The Balaban J connectivity index is 2.31. The zero-order valence-corrected chi connectivity index (χ0v) is 12.1. The molecule has 0 saturated heterocycles. The molecule has 0 aliphatic heterocycles. The van der Waals surface area contributed by atoms with E-state index < -0.39 is 0 Å². The van der Waals surface area contributed by atoms with Crippen molar-refractivity contribution in [2.45, 2.75) is 38.3 Å². The van der Waals surface area contributed by atoms with Crippen molar-refractivity contribution in [3.63, 3.8) is 0 Å². The minimum Gasteiger partial charge on any atom is -0.395 e. The molecule has 1 aromatic carbocycles. The van der Waals surface area contributed by atoms with Crippen molar-refractivity contribution in [3.05, 3.63) is 28.2 Å². The predicted octanol–water partition coefficient (Wildman–Crippen LogP) is 2.68. The van der Waals surface area contributed by atoms with Crippen LogP contribution in [0.3, 0.4) is 0 Å². The van der Waals surface area contributed by atoms with Crippen molar-refractivity contribution in [2.24, 2.45) is 0 Å². The first-order valence-electron chi connectivity index (χ1n) is 6.53. The van der Waals surface area contributed by atoms with Gasteiger partial charge in [-0.15, -0.1) is 0 Å². The van der Waals surface area contributed by atoms with Gasteiger partial charge in [-0.3, -0.25) is 0 Å². The van der Waals surface area contributed by atoms with E-state index in [1.165, 1.54) is 25.7 Å². The molecule has 0 unspecified atom stereocenters. The van der Waals surface area contributed by atoms with Gasteiger partial charge in [0.15, 0.2) is 0 Å². The molecule has 100 valence electrons. The van der Waals surface area contributed by atoms with Gasteiger partial charge in [0.25, 0.3) is 0 Å². The first-order chi connectivity index (χ1) is 8.76. The van der Waals surface area contributed by atoms with Crippen molar-refractivity contribution in [3.8, 4) is 0 Å². The Bertz CT molecular complexity index is 391. The summed E-state index contributed by atoms with van der Waals surface area (Å²) in [6.07, 6.45) is 4.87. The average Bonchev–Trinajstić information content (AvgIpc) is 2.89. The molecule has 0 aromatic heterocycles. The van der Waals surface area contributed by atoms with Crippen LogP contribution in [0.25, 0.3) is 0 Å². The van der Waals surface area contributed by atoms with E-state index in [-0.39, 0.29) is 13.2 Å². The van der Waals surface area contributed by atoms with Gasteiger partial charge in [0.05, 0.1) is 13.2 Å². The van der Waals surface area contributed by atoms with Gasteiger partial charge >= 0.3 is 0 Å². The van der Waals surface area contributed by atoms with E-state index in [4.69, 9.17) is 0 Å². The minimum atomic E-state index is 0.0390. The van der Waals surface area contributed by atoms with E-state index in [2.05, 4.69) is 20.8 Å². The fourth-order valence-electron chi connectivity index (χ4n) is 2.76. The van der Waals surface area contributed by atoms with E-state index in [9.17, 15) is 10.2 Å². The molecule has 0 bridgehead atoms. The molecular formula is C14H20BrNO2. The van der Waals surface area contributed by atoms with Crippen LogP contribution in [0.1, 0.15) is 31.2 Å². The van der Waals surface area contributed by atoms with Gasteiger partial charge in [0.1, 0.15) is 0 Å². The molecule has 3 nitrogen and oxygen atoms in total. The summed E-state index contributed by atoms with van der Waals surface area (Å²) in [6, 6.07) is 6.43. The Labute approximate surface area is 117 Å². The lowest BCUT2D eigenvalue weighted by Crippen LogP contribution is -2.36. The second kappa shape index (κ2) is 6.55. The summed E-state index contributed by atoms with van der Waals surface area (Å²) in [4.78, 5) is 2.25. The molecule has 2 N–H and O–H groups in total. The van der Waals surface area contributed by atoms with Gasteiger partial charge in [-0.1, -0.05) is 34.8 Å². The molecular weight excluding hydrogens is 294 g/mol. The van der Waals surface area contributed by atoms with E-state index >= 15 is 0 Å². The quantitative estimate of drug-likeness (QED) is 0.878. The van der Waals surface area contributed by atoms with Crippen LogP contribution in [0.5, 0.6) is 0 Å². The third-order valence-electron chi connectivity index (χ3n) is 3.63. The molecule has 2 rings (SSSR count). The lowest BCUT2D eigenvalue weighted by Gasteiger charge is -2.32. The third-order valence-corrected chi connectivity index (χ3v) is 4.13. The maximum atomic E-state index is 9.46. The van der Waals surface area contributed by atoms with E-state index in [1.807, 2.05) is 18.2 Å². The predicted molar refractivity (Wildman–Crippen MR) is 76.8 cm³/mol. The molecule has 1 aliphatic carbocycles. The number of rotatable bonds is 5. The lowest BCUT2D eigenvalue weighted by molar-refractivity contribution is 0.279. The second-order valence-corrected chi connectivity index (χ2v) is 5.70. The highest BCUT2D eigenvalue weighted by Gasteiger charge is 2.24. The molecule has 18 heavy (non-hydrogen) atoms. The summed E-state index contributed by atoms with van der Waals surface area (Å²) in [6.45, 7) is 0.819. The van der Waals surface area contributed by atoms with E-state index in [0.29, 0.717) is 12.6 Å². The molecule has 1 aliphatic rings. The SMILES string of the molecule is OCCN(c1cc(Br)ccc1CO)C1CCCC1. The van der Waals surface area contributed by atoms with Gasteiger partial charge in [-0.05, 0) is 25.0 Å². The van der Waals surface area contributed by atoms with E-state index in [1.54, 1.807) is 0 Å². The van der Waals surface area contributed by atoms with Crippen molar-refractivity contribution < 1.29 is 10.2 Å². The molecule has 0 radical (unpaired) electrons. The standard InChI is InChI=1S/C14H20BrNO2/c15-12-6-5-11(10-18)14(9-12)16(7-8-17)13-3-1-2-4-13/h5-6,9,13,17-18H,1-4,7-8,10H2. The Morgan fingerprint density at radius 3 is 2.56 bits per heavy atom. The maximum Gasteiger partial charge on any atom is 0.0702 e. The third kappa shape index (κ3) is 3.05. The lowest BCUT2D eigenvalue weighted by atomic mass is 10.1. The molecule has 0 spiro atoms. The summed E-state index contributed by atoms with van der Waals surface area (Å²) >= 11 is 3.48. The molecule has 1 fully saturated rings. The number of hydrogen-bond donors (Lipinski definition) is 2. The first-order valence-corrected chi connectivity index (χ1v) is 7.32. The van der Waals surface area contributed by atoms with Crippen LogP contribution >= 0.6 is 15.9 Å². The number of aliphatic hydroxyl groups is 2. The molecule has 0 amide bonds. The van der Waals surface area contributed by atoms with Crippen LogP contribution < -0.4 is 4.90 Å². The second-order valence-electron chi connectivity index (χ2n) is 4.79. The highest BCUT2D eigenvalue weighted by atomic mass is 79.9. The van der Waals surface area contributed by atoms with Gasteiger partial charge in [-0.2, -0.15) is 0 Å². The average molecular weight is 314 g/mol. The van der Waals surface area contributed by atoms with Crippen LogP contribution in [-0.2, 0) is 6.61 Å². The summed E-state index contributed by atoms with van der Waals surface area (Å²) in [5.41, 5.74) is 1.98. The largest absolute Gasteiger partial charge is 0.395 e. The molecule has 1 saturated carbocycles. The summed E-state index contributed by atoms with van der Waals surface area (Å²) < 4.78 is 1.01. The van der Waals surface area contributed by atoms with Crippen LogP contribution in [-0.4, -0.2) is 29.4 Å². The van der Waals surface area contributed by atoms with Crippen LogP contribution in [0.2, 0.25) is 0 Å². The van der Waals surface area contributed by atoms with Gasteiger partial charge < -0.3 is 15.1 Å². The van der Waals surface area contributed by atoms with E-state index in [0.717, 1.165) is 15.7 Å². The molecule has 0 atom stereocenters. The Morgan fingerprint density at radius 2 is 1.94 bits per heavy atom. The molecule has 1 aromatic rings. The number of hydrogen-bond acceptors (Lipinski definition) is 3. The smallest absolute Gasteiger partial charge is 0.0702 e. The van der Waals surface area contributed by atoms with Gasteiger partial charge in [-0.25, -0.2) is 0 Å². The van der Waals surface area contributed by atoms with Crippen LogP contribution in [0.4, 0.5) is 5.69 Å². The zero-order chi connectivity index (χ0) is 13.0. The van der Waals surface area contributed by atoms with Gasteiger partial charge in [0, 0.05) is 28.3 Å². The number of anilines is 1. The number of nitrogens with zero attached hydrogens (tertiary/aromatic N) is 1. The van der Waals surface area contributed by atoms with Crippen molar-refractivity contribution in [1.82, 2.24) is 0 Å². The van der Waals surface area contributed by atoms with Crippen molar-refractivity contribution in [2.75, 3.05) is 18.1 Å². The highest BCUT2D eigenvalue weighted by Crippen LogP contribution is 2.32. The Kier molecular flexibility index (Phi) is 5.03. The minimum absolute atomic E-state index is 0.0390. The number of aliphatic hydroxyl groups excluding tert-OH is 2. The molecule has 0 heterocycles. The number of halogens is 1. The van der Waals surface area contributed by atoms with Crippen LogP contribution in [0.15, 0.2) is 22.7 Å². The van der Waals surface area contributed by atoms with Gasteiger partial charge in [0.2, 0.25) is 0 Å². The Hall–Kier alpha value is -0.580. The van der Waals surface area contributed by atoms with Crippen molar-refractivity contribution >= 4 is 21.6 Å². The first kappa shape index (κ1) is 13.8. The summed E-state index contributed by atoms with van der Waals surface area (Å²) in [5.74, 6) is 0. The number of benzene rings is 1. The zero-order valence-electron chi connectivity index (χ0n) is 10.5. The molecule has 4 heteroatoms. The summed E-state index contributed by atoms with van der Waals surface area (Å²) in [7, 11) is 0. The summed E-state index contributed by atoms with van der Waals surface area (Å²) in [5, 5.41) is 18.7. The normalized spacial score (nSPS) is 16.2. The fourth-order valence-corrected chi connectivity index (χ4v) is 3.11. The van der Waals surface area contributed by atoms with Crippen molar-refractivity contribution in [1.29, 1.82) is 0 Å². The highest BCUT2D eigenvalue weighted by molar-refractivity contribution is 9.10. The van der Waals surface area contributed by atoms with Crippen LogP contribution in [0, 0.1) is 0 Å².